The Morgan fingerprint density at radius 2 is 1.83 bits per heavy atom. The zero-order valence-corrected chi connectivity index (χ0v) is 24.3. The summed E-state index contributed by atoms with van der Waals surface area (Å²) >= 11 is 0. The van der Waals surface area contributed by atoms with E-state index in [9.17, 15) is 18.0 Å². The molecule has 1 aromatic carbocycles. The SMILES string of the molecule is CN1CCC2Nc3cccc4c3cc(n4CC(F)(F)F)C#CCNC(=O)c3cnn(c3)CCCCCCCCCC2C1. The summed E-state index contributed by atoms with van der Waals surface area (Å²) < 4.78 is 44.0. The Morgan fingerprint density at radius 3 is 2.64 bits per heavy atom. The number of hydrogen-bond acceptors (Lipinski definition) is 4. The molecule has 2 aliphatic rings. The number of benzene rings is 1. The highest BCUT2D eigenvalue weighted by Crippen LogP contribution is 2.33. The molecular weight excluding hydrogens is 541 g/mol. The predicted octanol–water partition coefficient (Wildman–Crippen LogP) is 6.05. The van der Waals surface area contributed by atoms with Gasteiger partial charge in [-0.1, -0.05) is 50.5 Å². The van der Waals surface area contributed by atoms with Gasteiger partial charge in [-0.2, -0.15) is 18.3 Å². The average molecular weight is 583 g/mol. The molecule has 1 fully saturated rings. The van der Waals surface area contributed by atoms with Gasteiger partial charge in [0.2, 0.25) is 0 Å². The number of fused-ring (bicyclic) bond motifs is 4. The number of piperidine rings is 1. The van der Waals surface area contributed by atoms with Gasteiger partial charge in [-0.3, -0.25) is 9.48 Å². The molecule has 42 heavy (non-hydrogen) atoms. The lowest BCUT2D eigenvalue weighted by molar-refractivity contribution is -0.140. The number of nitrogens with one attached hydrogen (secondary N) is 2. The van der Waals surface area contributed by atoms with Crippen molar-refractivity contribution < 1.29 is 18.0 Å². The summed E-state index contributed by atoms with van der Waals surface area (Å²) in [4.78, 5) is 15.0. The molecule has 2 aromatic heterocycles. The number of halogens is 3. The molecule has 2 atom stereocenters. The van der Waals surface area contributed by atoms with Crippen LogP contribution in [-0.4, -0.2) is 64.1 Å². The van der Waals surface area contributed by atoms with Gasteiger partial charge in [-0.25, -0.2) is 0 Å². The first kappa shape index (κ1) is 30.0. The third-order valence-corrected chi connectivity index (χ3v) is 8.47. The van der Waals surface area contributed by atoms with E-state index in [1.54, 1.807) is 23.0 Å². The largest absolute Gasteiger partial charge is 0.406 e. The molecule has 4 heterocycles. The molecule has 0 radical (unpaired) electrons. The lowest BCUT2D eigenvalue weighted by atomic mass is 9.87. The Labute approximate surface area is 245 Å². The Hall–Kier alpha value is -3.45. The highest BCUT2D eigenvalue weighted by Gasteiger charge is 2.31. The Bertz CT molecular complexity index is 1410. The van der Waals surface area contributed by atoms with E-state index in [1.165, 1.54) is 42.9 Å². The topological polar surface area (TPSA) is 67.1 Å². The van der Waals surface area contributed by atoms with Crippen LogP contribution in [-0.2, 0) is 13.1 Å². The number of amides is 1. The van der Waals surface area contributed by atoms with Crippen molar-refractivity contribution in [2.75, 3.05) is 32.0 Å². The first-order valence-electron chi connectivity index (χ1n) is 15.2. The highest BCUT2D eigenvalue weighted by atomic mass is 19.4. The van der Waals surface area contributed by atoms with E-state index in [2.05, 4.69) is 39.5 Å². The van der Waals surface area contributed by atoms with Crippen molar-refractivity contribution in [3.8, 4) is 11.8 Å². The van der Waals surface area contributed by atoms with Crippen molar-refractivity contribution in [1.29, 1.82) is 0 Å². The fourth-order valence-electron chi connectivity index (χ4n) is 6.29. The molecule has 10 heteroatoms. The van der Waals surface area contributed by atoms with E-state index < -0.39 is 12.7 Å². The molecule has 0 spiro atoms. The van der Waals surface area contributed by atoms with Crippen LogP contribution in [0, 0.1) is 17.8 Å². The Kier molecular flexibility index (Phi) is 9.78. The number of nitrogens with zero attached hydrogens (tertiary/aromatic N) is 4. The number of rotatable bonds is 1. The first-order chi connectivity index (χ1) is 20.3. The minimum atomic E-state index is -4.40. The van der Waals surface area contributed by atoms with Crippen LogP contribution in [0.15, 0.2) is 36.7 Å². The number of likely N-dealkylation sites (tertiary alicyclic amines) is 1. The van der Waals surface area contributed by atoms with E-state index >= 15 is 0 Å². The van der Waals surface area contributed by atoms with Gasteiger partial charge in [0.1, 0.15) is 6.54 Å². The predicted molar refractivity (Wildman–Crippen MR) is 159 cm³/mol. The van der Waals surface area contributed by atoms with Gasteiger partial charge < -0.3 is 20.1 Å². The van der Waals surface area contributed by atoms with E-state index in [4.69, 9.17) is 0 Å². The number of aromatic nitrogens is 3. The van der Waals surface area contributed by atoms with Gasteiger partial charge in [-0.05, 0) is 62.9 Å². The second-order valence-electron chi connectivity index (χ2n) is 11.8. The maximum Gasteiger partial charge on any atom is 0.406 e. The van der Waals surface area contributed by atoms with Crippen molar-refractivity contribution in [2.24, 2.45) is 5.92 Å². The summed E-state index contributed by atoms with van der Waals surface area (Å²) in [5.41, 5.74) is 2.05. The fourth-order valence-corrected chi connectivity index (χ4v) is 6.29. The lowest BCUT2D eigenvalue weighted by Gasteiger charge is -2.38. The molecule has 3 aromatic rings. The number of aryl methyl sites for hydroxylation is 1. The second kappa shape index (κ2) is 13.7. The zero-order valence-electron chi connectivity index (χ0n) is 24.3. The average Bonchev–Trinajstić information content (AvgIpc) is 3.56. The van der Waals surface area contributed by atoms with Crippen molar-refractivity contribution in [3.63, 3.8) is 0 Å². The maximum absolute atomic E-state index is 13.6. The summed E-state index contributed by atoms with van der Waals surface area (Å²) in [5, 5.41) is 11.5. The highest BCUT2D eigenvalue weighted by molar-refractivity contribution is 5.94. The number of alkyl halides is 3. The summed E-state index contributed by atoms with van der Waals surface area (Å²) in [6.45, 7) is 1.65. The molecule has 2 aliphatic heterocycles. The third-order valence-electron chi connectivity index (χ3n) is 8.47. The van der Waals surface area contributed by atoms with E-state index in [-0.39, 0.29) is 24.2 Å². The first-order valence-corrected chi connectivity index (χ1v) is 15.2. The molecule has 0 aliphatic carbocycles. The van der Waals surface area contributed by atoms with Gasteiger partial charge in [0.15, 0.2) is 0 Å². The smallest absolute Gasteiger partial charge is 0.381 e. The molecule has 2 unspecified atom stereocenters. The van der Waals surface area contributed by atoms with Crippen LogP contribution >= 0.6 is 0 Å². The maximum atomic E-state index is 13.6. The minimum Gasteiger partial charge on any atom is -0.381 e. The fraction of sp³-hybridized carbons (Fsp3) is 0.562. The van der Waals surface area contributed by atoms with Gasteiger partial charge in [0.25, 0.3) is 5.91 Å². The third kappa shape index (κ3) is 7.88. The zero-order chi connectivity index (χ0) is 29.5. The van der Waals surface area contributed by atoms with Crippen LogP contribution in [0.4, 0.5) is 18.9 Å². The molecule has 5 rings (SSSR count). The normalized spacial score (nSPS) is 22.0. The van der Waals surface area contributed by atoms with Crippen LogP contribution in [0.5, 0.6) is 0 Å². The molecule has 1 saturated heterocycles. The molecular formula is C32H41F3N6O. The number of carbonyl (C=O) groups is 1. The van der Waals surface area contributed by atoms with Crippen LogP contribution in [0.2, 0.25) is 0 Å². The molecule has 226 valence electrons. The van der Waals surface area contributed by atoms with E-state index in [0.29, 0.717) is 17.0 Å². The molecule has 2 N–H and O–H groups in total. The molecule has 4 bridgehead atoms. The van der Waals surface area contributed by atoms with Crippen LogP contribution in [0.3, 0.4) is 0 Å². The van der Waals surface area contributed by atoms with Gasteiger partial charge in [0, 0.05) is 36.4 Å². The van der Waals surface area contributed by atoms with Crippen molar-refractivity contribution in [2.45, 2.75) is 83.1 Å². The van der Waals surface area contributed by atoms with Gasteiger partial charge >= 0.3 is 6.18 Å². The molecule has 0 saturated carbocycles. The quantitative estimate of drug-likeness (QED) is 0.343. The van der Waals surface area contributed by atoms with Crippen molar-refractivity contribution in [1.82, 2.24) is 24.6 Å². The van der Waals surface area contributed by atoms with Crippen molar-refractivity contribution >= 4 is 22.5 Å². The van der Waals surface area contributed by atoms with E-state index in [1.807, 2.05) is 12.1 Å². The molecule has 1 amide bonds. The number of carbonyl (C=O) groups excluding carboxylic acids is 1. The number of hydrogen-bond donors (Lipinski definition) is 2. The summed E-state index contributed by atoms with van der Waals surface area (Å²) in [6, 6.07) is 7.48. The molecule has 7 nitrogen and oxygen atoms in total. The Morgan fingerprint density at radius 1 is 1.05 bits per heavy atom. The lowest BCUT2D eigenvalue weighted by Crippen LogP contribution is -2.44. The monoisotopic (exact) mass is 582 g/mol. The van der Waals surface area contributed by atoms with Crippen LogP contribution in [0.25, 0.3) is 10.9 Å². The summed E-state index contributed by atoms with van der Waals surface area (Å²) in [7, 11) is 2.16. The summed E-state index contributed by atoms with van der Waals surface area (Å²) in [5.74, 6) is 5.92. The Balaban J connectivity index is 1.43. The van der Waals surface area contributed by atoms with E-state index in [0.717, 1.165) is 56.4 Å². The summed E-state index contributed by atoms with van der Waals surface area (Å²) in [6.07, 6.45) is 9.18. The van der Waals surface area contributed by atoms with Gasteiger partial charge in [-0.15, -0.1) is 0 Å². The standard InChI is InChI=1S/C32H41F3N6O/c1-39-18-15-28-24(21-39)11-7-5-3-2-4-6-8-17-40-22-25(20-37-40)31(42)36-16-10-12-26-19-27-29(38-28)13-9-14-30(27)41(26)23-32(33,34)35/h9,13-14,19-20,22,24,28,38H,2-8,11,15-18,21,23H2,1H3,(H,36,42). The van der Waals surface area contributed by atoms with Crippen LogP contribution in [0.1, 0.15) is 73.8 Å². The van der Waals surface area contributed by atoms with Crippen LogP contribution < -0.4 is 10.6 Å². The van der Waals surface area contributed by atoms with Crippen molar-refractivity contribution in [3.05, 3.63) is 47.9 Å². The number of anilines is 1. The second-order valence-corrected chi connectivity index (χ2v) is 11.8. The van der Waals surface area contributed by atoms with Gasteiger partial charge in [0.05, 0.1) is 29.5 Å². The minimum absolute atomic E-state index is 0.0138.